The molecule has 2 aliphatic rings. The van der Waals surface area contributed by atoms with Crippen LogP contribution in [0.5, 0.6) is 0 Å². The maximum absolute atomic E-state index is 11.8. The predicted octanol–water partition coefficient (Wildman–Crippen LogP) is 2.25. The van der Waals surface area contributed by atoms with Gasteiger partial charge in [-0.05, 0) is 60.3 Å². The Morgan fingerprint density at radius 3 is 2.62 bits per heavy atom. The summed E-state index contributed by atoms with van der Waals surface area (Å²) < 4.78 is 1.58. The number of carboxylic acids is 1. The molecule has 3 unspecified atom stereocenters. The molecule has 6 nitrogen and oxygen atoms in total. The Morgan fingerprint density at radius 2 is 2.10 bits per heavy atom. The molecule has 0 amide bonds. The van der Waals surface area contributed by atoms with Gasteiger partial charge in [-0.1, -0.05) is 20.3 Å². The van der Waals surface area contributed by atoms with Gasteiger partial charge in [0.05, 0.1) is 0 Å². The van der Waals surface area contributed by atoms with Crippen LogP contribution >= 0.6 is 0 Å². The Morgan fingerprint density at radius 1 is 1.33 bits per heavy atom. The molecular formula is C15H24N4O2. The molecule has 3 rings (SSSR count). The maximum Gasteiger partial charge on any atom is 0.331 e. The third kappa shape index (κ3) is 2.24. The van der Waals surface area contributed by atoms with E-state index in [1.54, 1.807) is 4.68 Å². The van der Waals surface area contributed by atoms with Crippen molar-refractivity contribution in [3.05, 3.63) is 5.82 Å². The van der Waals surface area contributed by atoms with Gasteiger partial charge < -0.3 is 5.11 Å². The summed E-state index contributed by atoms with van der Waals surface area (Å²) in [5.74, 6) is 2.22. The first-order valence-corrected chi connectivity index (χ1v) is 8.11. The van der Waals surface area contributed by atoms with Crippen LogP contribution in [0.25, 0.3) is 0 Å². The van der Waals surface area contributed by atoms with Crippen LogP contribution in [0.4, 0.5) is 0 Å². The van der Waals surface area contributed by atoms with Gasteiger partial charge in [-0.15, -0.1) is 5.10 Å². The first-order valence-electron chi connectivity index (χ1n) is 8.11. The van der Waals surface area contributed by atoms with Crippen LogP contribution in [0.2, 0.25) is 0 Å². The van der Waals surface area contributed by atoms with Gasteiger partial charge in [-0.25, -0.2) is 9.48 Å². The summed E-state index contributed by atoms with van der Waals surface area (Å²) in [6.07, 6.45) is 7.11. The van der Waals surface area contributed by atoms with Crippen molar-refractivity contribution < 1.29 is 9.90 Å². The molecule has 1 aromatic rings. The van der Waals surface area contributed by atoms with Crippen molar-refractivity contribution in [2.45, 2.75) is 64.3 Å². The van der Waals surface area contributed by atoms with Gasteiger partial charge in [0.25, 0.3) is 0 Å². The molecule has 0 saturated heterocycles. The van der Waals surface area contributed by atoms with Gasteiger partial charge in [0, 0.05) is 6.42 Å². The van der Waals surface area contributed by atoms with Crippen molar-refractivity contribution >= 4 is 5.97 Å². The molecule has 6 heteroatoms. The zero-order valence-corrected chi connectivity index (χ0v) is 12.8. The minimum atomic E-state index is -1.00. The minimum Gasteiger partial charge on any atom is -0.479 e. The van der Waals surface area contributed by atoms with E-state index in [0.29, 0.717) is 18.8 Å². The number of carboxylic acid groups (broad SMARTS) is 1. The van der Waals surface area contributed by atoms with Gasteiger partial charge >= 0.3 is 5.97 Å². The van der Waals surface area contributed by atoms with E-state index in [1.165, 1.54) is 25.7 Å². The van der Waals surface area contributed by atoms with Gasteiger partial charge in [-0.3, -0.25) is 0 Å². The summed E-state index contributed by atoms with van der Waals surface area (Å²) in [5.41, 5.74) is -1.00. The second-order valence-electron chi connectivity index (χ2n) is 6.69. The molecule has 2 saturated carbocycles. The highest BCUT2D eigenvalue weighted by atomic mass is 16.4. The lowest BCUT2D eigenvalue weighted by Crippen LogP contribution is -2.43. The van der Waals surface area contributed by atoms with Crippen LogP contribution in [0.1, 0.15) is 58.2 Å². The number of fused-ring (bicyclic) bond motifs is 2. The second-order valence-corrected chi connectivity index (χ2v) is 6.69. The summed E-state index contributed by atoms with van der Waals surface area (Å²) in [7, 11) is 0. The Labute approximate surface area is 124 Å². The molecule has 0 radical (unpaired) electrons. The van der Waals surface area contributed by atoms with Gasteiger partial charge in [0.15, 0.2) is 11.4 Å². The fourth-order valence-electron chi connectivity index (χ4n) is 4.47. The molecule has 0 aromatic carbocycles. The van der Waals surface area contributed by atoms with Crippen LogP contribution in [0, 0.1) is 17.8 Å². The van der Waals surface area contributed by atoms with Crippen molar-refractivity contribution in [1.82, 2.24) is 20.2 Å². The predicted molar refractivity (Wildman–Crippen MR) is 76.7 cm³/mol. The molecule has 1 N–H and O–H groups in total. The van der Waals surface area contributed by atoms with Crippen molar-refractivity contribution in [3.63, 3.8) is 0 Å². The molecule has 116 valence electrons. The number of aromatic nitrogens is 4. The van der Waals surface area contributed by atoms with Crippen LogP contribution in [0.3, 0.4) is 0 Å². The number of tetrazole rings is 1. The minimum absolute atomic E-state index is 0.494. The average molecular weight is 292 g/mol. The van der Waals surface area contributed by atoms with E-state index in [4.69, 9.17) is 0 Å². The maximum atomic E-state index is 11.8. The average Bonchev–Trinajstić information content (AvgIpc) is 3.18. The normalized spacial score (nSPS) is 28.2. The van der Waals surface area contributed by atoms with E-state index in [0.717, 1.165) is 24.1 Å². The standard InChI is InChI=1S/C15H24N4O2/c1-3-15(4-2,14(20)21)19-13(16-17-18-19)9-12-8-10-5-6-11(12)7-10/h10-12H,3-9H2,1-2H3,(H,20,21). The highest BCUT2D eigenvalue weighted by Gasteiger charge is 2.43. The Bertz CT molecular complexity index is 523. The van der Waals surface area contributed by atoms with E-state index < -0.39 is 11.5 Å². The highest BCUT2D eigenvalue weighted by Crippen LogP contribution is 2.49. The number of carbonyl (C=O) groups is 1. The molecule has 2 fully saturated rings. The second kappa shape index (κ2) is 5.39. The summed E-state index contributed by atoms with van der Waals surface area (Å²) in [4.78, 5) is 11.8. The van der Waals surface area contributed by atoms with E-state index in [9.17, 15) is 9.90 Å². The molecule has 0 aliphatic heterocycles. The van der Waals surface area contributed by atoms with E-state index in [1.807, 2.05) is 13.8 Å². The topological polar surface area (TPSA) is 80.9 Å². The van der Waals surface area contributed by atoms with Crippen LogP contribution < -0.4 is 0 Å². The Kier molecular flexibility index (Phi) is 3.71. The molecule has 1 heterocycles. The van der Waals surface area contributed by atoms with Gasteiger partial charge in [0.2, 0.25) is 0 Å². The van der Waals surface area contributed by atoms with Crippen molar-refractivity contribution in [1.29, 1.82) is 0 Å². The third-order valence-corrected chi connectivity index (χ3v) is 5.84. The summed E-state index contributed by atoms with van der Waals surface area (Å²) >= 11 is 0. The molecule has 2 bridgehead atoms. The van der Waals surface area contributed by atoms with Crippen LogP contribution in [-0.2, 0) is 16.8 Å². The summed E-state index contributed by atoms with van der Waals surface area (Å²) in [5, 5.41) is 21.6. The summed E-state index contributed by atoms with van der Waals surface area (Å²) in [6, 6.07) is 0. The first-order chi connectivity index (χ1) is 10.1. The first kappa shape index (κ1) is 14.5. The van der Waals surface area contributed by atoms with Crippen LogP contribution in [0.15, 0.2) is 0 Å². The van der Waals surface area contributed by atoms with Crippen molar-refractivity contribution in [2.24, 2.45) is 17.8 Å². The van der Waals surface area contributed by atoms with E-state index >= 15 is 0 Å². The zero-order valence-electron chi connectivity index (χ0n) is 12.8. The Hall–Kier alpha value is -1.46. The number of hydrogen-bond acceptors (Lipinski definition) is 4. The molecule has 21 heavy (non-hydrogen) atoms. The molecule has 1 aromatic heterocycles. The molecule has 0 spiro atoms. The number of aliphatic carboxylic acids is 1. The zero-order chi connectivity index (χ0) is 15.0. The fourth-order valence-corrected chi connectivity index (χ4v) is 4.47. The number of nitrogens with zero attached hydrogens (tertiary/aromatic N) is 4. The SMILES string of the molecule is CCC(CC)(C(=O)O)n1nnnc1CC1CC2CCC1C2. The third-order valence-electron chi connectivity index (χ3n) is 5.84. The summed E-state index contributed by atoms with van der Waals surface area (Å²) in [6.45, 7) is 3.78. The lowest BCUT2D eigenvalue weighted by molar-refractivity contribution is -0.149. The Balaban J connectivity index is 1.85. The van der Waals surface area contributed by atoms with E-state index in [-0.39, 0.29) is 0 Å². The van der Waals surface area contributed by atoms with Gasteiger partial charge in [0.1, 0.15) is 0 Å². The van der Waals surface area contributed by atoms with Crippen molar-refractivity contribution in [3.8, 4) is 0 Å². The van der Waals surface area contributed by atoms with Crippen molar-refractivity contribution in [2.75, 3.05) is 0 Å². The quantitative estimate of drug-likeness (QED) is 0.869. The lowest BCUT2D eigenvalue weighted by atomic mass is 9.85. The molecule has 3 atom stereocenters. The molecular weight excluding hydrogens is 268 g/mol. The smallest absolute Gasteiger partial charge is 0.331 e. The highest BCUT2D eigenvalue weighted by molar-refractivity contribution is 5.76. The molecule has 2 aliphatic carbocycles. The largest absolute Gasteiger partial charge is 0.479 e. The number of hydrogen-bond donors (Lipinski definition) is 1. The van der Waals surface area contributed by atoms with Gasteiger partial charge in [-0.2, -0.15) is 0 Å². The van der Waals surface area contributed by atoms with E-state index in [2.05, 4.69) is 15.5 Å². The number of rotatable bonds is 6. The lowest BCUT2D eigenvalue weighted by Gasteiger charge is -2.29. The monoisotopic (exact) mass is 292 g/mol. The van der Waals surface area contributed by atoms with Crippen LogP contribution in [-0.4, -0.2) is 31.3 Å². The fraction of sp³-hybridized carbons (Fsp3) is 0.867.